The zero-order chi connectivity index (χ0) is 106. The van der Waals surface area contributed by atoms with Gasteiger partial charge in [0.2, 0.25) is 0 Å². The standard InChI is InChI=1S/C70H72N2O16.C54H56N2O4/c1-11-81-67(77)47(7)41-85-63(73)37-51-15-25-57(26-16-51)71(58-27-17-52(18-28-58)38-64(74)86-42-48(8)68(78)82-12-2)61-33-23-55(35-45(61)5)56-24-34-62(46(6)36-56)72(59-29-19-53(20-30-59)39-65(75)87-43-49(9)69(79)83-13-3)60-31-21-54(22-32-60)40-66(76)88-44-50(10)70(80)84-14-4;1-7-57-35-31-43-11-21-49(22-12-43)55(53-29-15-45(41(5)39-53)33-37-59-9-3)51-25-17-47(18-26-51)48-19-27-52(28-20-48)56(50-23-13-44(14-24-50)32-36-58-8-2)54-30-16-46(42(6)40-54)34-38-60-10-4/h15-36H,7-14,37-44H2,1-6H3;7-30,39-40H,1-4,31-38H2,5-6H3. The molecule has 24 heteroatoms. The molecule has 0 aliphatic rings. The fourth-order valence-electron chi connectivity index (χ4n) is 16.1. The molecule has 0 fully saturated rings. The molecular weight excluding hydrogens is 1870 g/mol. The maximum atomic E-state index is 12.9. The lowest BCUT2D eigenvalue weighted by Gasteiger charge is -2.28. The fraction of sp³-hybridized carbons (Fsp3) is 0.226. The number of hydrogen-bond donors (Lipinski definition) is 0. The summed E-state index contributed by atoms with van der Waals surface area (Å²) in [6.45, 7) is 46.2. The minimum absolute atomic E-state index is 0.0268. The Morgan fingerprint density at radius 3 is 0.682 bits per heavy atom. The van der Waals surface area contributed by atoms with Crippen LogP contribution in [0.3, 0.4) is 0 Å². The summed E-state index contributed by atoms with van der Waals surface area (Å²) >= 11 is 0. The number of rotatable bonds is 54. The monoisotopic (exact) mass is 1990 g/mol. The lowest BCUT2D eigenvalue weighted by Crippen LogP contribution is -2.16. The van der Waals surface area contributed by atoms with Crippen LogP contribution in [0.25, 0.3) is 22.3 Å². The number of carbonyl (C=O) groups excluding carboxylic acids is 8. The Morgan fingerprint density at radius 2 is 0.453 bits per heavy atom. The Hall–Kier alpha value is -17.3. The van der Waals surface area contributed by atoms with E-state index in [0.717, 1.165) is 127 Å². The molecule has 0 saturated carbocycles. The number of esters is 8. The van der Waals surface area contributed by atoms with Gasteiger partial charge in [0.1, 0.15) is 26.4 Å². The van der Waals surface area contributed by atoms with E-state index in [9.17, 15) is 38.4 Å². The van der Waals surface area contributed by atoms with Crippen LogP contribution in [0.4, 0.5) is 68.2 Å². The maximum Gasteiger partial charge on any atom is 0.336 e. The second-order valence-electron chi connectivity index (χ2n) is 34.5. The van der Waals surface area contributed by atoms with Crippen molar-refractivity contribution in [2.45, 2.75) is 107 Å². The second kappa shape index (κ2) is 56.7. The predicted molar refractivity (Wildman–Crippen MR) is 583 cm³/mol. The molecule has 0 aliphatic carbocycles. The highest BCUT2D eigenvalue weighted by atomic mass is 16.6. The number of benzene rings is 12. The van der Waals surface area contributed by atoms with E-state index >= 15 is 0 Å². The maximum absolute atomic E-state index is 12.9. The van der Waals surface area contributed by atoms with Gasteiger partial charge in [-0.2, -0.15) is 0 Å². The highest BCUT2D eigenvalue weighted by Crippen LogP contribution is 2.44. The van der Waals surface area contributed by atoms with E-state index in [1.165, 1.54) is 58.4 Å². The predicted octanol–water partition coefficient (Wildman–Crippen LogP) is 25.5. The summed E-state index contributed by atoms with van der Waals surface area (Å²) in [5.74, 6) is -4.75. The molecule has 0 radical (unpaired) electrons. The van der Waals surface area contributed by atoms with Gasteiger partial charge in [-0.3, -0.25) is 19.2 Å². The average molecular weight is 1990 g/mol. The highest BCUT2D eigenvalue weighted by molar-refractivity contribution is 5.92. The van der Waals surface area contributed by atoms with E-state index in [1.54, 1.807) is 27.7 Å². The first-order valence-electron chi connectivity index (χ1n) is 48.9. The average Bonchev–Trinajstić information content (AvgIpc) is 0.766. The van der Waals surface area contributed by atoms with Crippen LogP contribution in [0.5, 0.6) is 0 Å². The van der Waals surface area contributed by atoms with Crippen LogP contribution in [-0.4, -0.2) is 127 Å². The second-order valence-corrected chi connectivity index (χ2v) is 34.5. The molecule has 0 N–H and O–H groups in total. The summed E-state index contributed by atoms with van der Waals surface area (Å²) in [5, 5.41) is 0. The van der Waals surface area contributed by atoms with E-state index in [1.807, 2.05) is 135 Å². The third-order valence-electron chi connectivity index (χ3n) is 23.9. The van der Waals surface area contributed by atoms with Gasteiger partial charge >= 0.3 is 47.8 Å². The summed E-state index contributed by atoms with van der Waals surface area (Å²) in [7, 11) is 0. The van der Waals surface area contributed by atoms with Crippen molar-refractivity contribution < 1.29 is 95.2 Å². The van der Waals surface area contributed by atoms with E-state index in [0.29, 0.717) is 48.7 Å². The third kappa shape index (κ3) is 32.4. The van der Waals surface area contributed by atoms with E-state index in [-0.39, 0.29) is 101 Å². The Morgan fingerprint density at radius 1 is 0.236 bits per heavy atom. The number of anilines is 12. The minimum Gasteiger partial charge on any atom is -0.501 e. The van der Waals surface area contributed by atoms with Crippen molar-refractivity contribution in [3.63, 3.8) is 0 Å². The van der Waals surface area contributed by atoms with Crippen LogP contribution in [-0.2, 0) is 147 Å². The molecule has 12 rings (SSSR count). The van der Waals surface area contributed by atoms with Crippen LogP contribution in [0, 0.1) is 27.7 Å². The Kier molecular flexibility index (Phi) is 42.5. The number of aryl methyl sites for hydroxylation is 4. The van der Waals surface area contributed by atoms with Crippen molar-refractivity contribution in [3.05, 3.63) is 434 Å². The molecule has 148 heavy (non-hydrogen) atoms. The van der Waals surface area contributed by atoms with Crippen molar-refractivity contribution >= 4 is 116 Å². The third-order valence-corrected chi connectivity index (χ3v) is 23.9. The molecule has 0 aliphatic heterocycles. The number of hydrogen-bond acceptors (Lipinski definition) is 24. The SMILES string of the molecule is C=C(COC(=O)Cc1ccc(N(c2ccc(CC(=O)OCC(=C)C(=O)OCC)cc2)c2ccc(-c3ccc(N(c4ccc(CC(=O)OCC(=C)C(=O)OCC)cc4)c4ccc(CC(=O)OCC(=C)C(=O)OCC)cc4)c(C)c3)cc2C)cc1)C(=O)OCC.C=COCCc1ccc(N(c2ccc(-c3ccc(N(c4ccc(CCOC=C)cc4)c4ccc(CCOC=C)c(C)c4)cc3)cc2)c2ccc(CCOC=C)c(C)c2)cc1. The van der Waals surface area contributed by atoms with Crippen molar-refractivity contribution in [1.82, 2.24) is 0 Å². The lowest BCUT2D eigenvalue weighted by atomic mass is 9.98. The normalized spacial score (nSPS) is 10.6. The first-order valence-corrected chi connectivity index (χ1v) is 48.9. The van der Waals surface area contributed by atoms with Gasteiger partial charge in [-0.05, 0) is 290 Å². The van der Waals surface area contributed by atoms with Crippen LogP contribution >= 0.6 is 0 Å². The van der Waals surface area contributed by atoms with Crippen LogP contribution in [0.2, 0.25) is 0 Å². The van der Waals surface area contributed by atoms with E-state index in [2.05, 4.69) is 232 Å². The highest BCUT2D eigenvalue weighted by Gasteiger charge is 2.25. The smallest absolute Gasteiger partial charge is 0.336 e. The van der Waals surface area contributed by atoms with Gasteiger partial charge in [0, 0.05) is 93.9 Å². The molecule has 0 saturated heterocycles. The Labute approximate surface area is 867 Å². The summed E-state index contributed by atoms with van der Waals surface area (Å²) in [4.78, 5) is 108. The Balaban J connectivity index is 0.000000301. The number of nitrogens with zero attached hydrogens (tertiary/aromatic N) is 4. The molecule has 12 aromatic carbocycles. The van der Waals surface area contributed by atoms with Gasteiger partial charge in [-0.1, -0.05) is 174 Å². The lowest BCUT2D eigenvalue weighted by molar-refractivity contribution is -0.145. The van der Waals surface area contributed by atoms with Gasteiger partial charge in [-0.25, -0.2) is 19.2 Å². The molecule has 24 nitrogen and oxygen atoms in total. The summed E-state index contributed by atoms with van der Waals surface area (Å²) in [6.07, 6.45) is 8.99. The molecule has 0 heterocycles. The van der Waals surface area contributed by atoms with Crippen LogP contribution in [0.1, 0.15) is 94.5 Å². The molecule has 0 spiro atoms. The minimum atomic E-state index is -0.637. The summed E-state index contributed by atoms with van der Waals surface area (Å²) < 4.78 is 62.7. The first-order chi connectivity index (χ1) is 71.6. The number of carbonyl (C=O) groups is 8. The van der Waals surface area contributed by atoms with E-state index in [4.69, 9.17) is 56.8 Å². The van der Waals surface area contributed by atoms with Gasteiger partial charge in [0.05, 0.1) is 126 Å². The van der Waals surface area contributed by atoms with Gasteiger partial charge < -0.3 is 76.4 Å². The Bertz CT molecular complexity index is 6070. The molecule has 12 aromatic rings. The van der Waals surface area contributed by atoms with Crippen molar-refractivity contribution in [1.29, 1.82) is 0 Å². The largest absolute Gasteiger partial charge is 0.501 e. The zero-order valence-electron chi connectivity index (χ0n) is 85.5. The summed E-state index contributed by atoms with van der Waals surface area (Å²) in [5.41, 5.74) is 27.2. The zero-order valence-corrected chi connectivity index (χ0v) is 85.5. The molecule has 0 amide bonds. The molecule has 0 bridgehead atoms. The van der Waals surface area contributed by atoms with E-state index < -0.39 is 47.8 Å². The van der Waals surface area contributed by atoms with Crippen LogP contribution < -0.4 is 19.6 Å². The van der Waals surface area contributed by atoms with Crippen molar-refractivity contribution in [2.75, 3.05) is 98.9 Å². The van der Waals surface area contributed by atoms with Gasteiger partial charge in [0.25, 0.3) is 0 Å². The molecule has 0 unspecified atom stereocenters. The first kappa shape index (κ1) is 111. The number of ether oxygens (including phenoxy) is 12. The van der Waals surface area contributed by atoms with Crippen LogP contribution in [0.15, 0.2) is 367 Å². The molecule has 764 valence electrons. The fourth-order valence-corrected chi connectivity index (χ4v) is 16.1. The molecular formula is C124H128N4O20. The van der Waals surface area contributed by atoms with Gasteiger partial charge in [0.15, 0.2) is 0 Å². The summed E-state index contributed by atoms with van der Waals surface area (Å²) in [6, 6.07) is 90.2. The quantitative estimate of drug-likeness (QED) is 0.0113. The van der Waals surface area contributed by atoms with Gasteiger partial charge in [-0.15, -0.1) is 0 Å². The topological polar surface area (TPSA) is 260 Å². The molecule has 0 aromatic heterocycles. The van der Waals surface area contributed by atoms with Crippen molar-refractivity contribution in [2.24, 2.45) is 0 Å². The van der Waals surface area contributed by atoms with Crippen molar-refractivity contribution in [3.8, 4) is 22.3 Å². The molecule has 0 atom stereocenters.